The molecule has 7 heteroatoms. The quantitative estimate of drug-likeness (QED) is 0.612. The Morgan fingerprint density at radius 2 is 1.89 bits per heavy atom. The predicted molar refractivity (Wildman–Crippen MR) is 110 cm³/mol. The number of anilines is 1. The van der Waals surface area contributed by atoms with Crippen LogP contribution in [-0.2, 0) is 26.1 Å². The topological polar surface area (TPSA) is 73.0 Å². The molecule has 0 saturated heterocycles. The van der Waals surface area contributed by atoms with Crippen LogP contribution in [0.2, 0.25) is 5.02 Å². The lowest BCUT2D eigenvalue weighted by atomic mass is 10.1. The van der Waals surface area contributed by atoms with Gasteiger partial charge in [-0.1, -0.05) is 54.1 Å². The van der Waals surface area contributed by atoms with Crippen LogP contribution in [0.15, 0.2) is 54.6 Å². The Labute approximate surface area is 168 Å². The van der Waals surface area contributed by atoms with E-state index in [2.05, 4.69) is 50.0 Å². The van der Waals surface area contributed by atoms with E-state index < -0.39 is 0 Å². The summed E-state index contributed by atoms with van der Waals surface area (Å²) in [4.78, 5) is 14.6. The van der Waals surface area contributed by atoms with E-state index in [9.17, 15) is 4.79 Å². The average Bonchev–Trinajstić information content (AvgIpc) is 3.10. The van der Waals surface area contributed by atoms with Crippen LogP contribution >= 0.6 is 11.6 Å². The number of carbonyl (C=O) groups is 1. The summed E-state index contributed by atoms with van der Waals surface area (Å²) >= 11 is 5.88. The zero-order valence-corrected chi connectivity index (χ0v) is 16.2. The molecular weight excluding hydrogens is 374 g/mol. The van der Waals surface area contributed by atoms with Crippen LogP contribution in [0.3, 0.4) is 0 Å². The highest BCUT2D eigenvalue weighted by atomic mass is 35.5. The number of rotatable bonds is 5. The predicted octanol–water partition coefficient (Wildman–Crippen LogP) is 3.94. The highest BCUT2D eigenvalue weighted by molar-refractivity contribution is 6.30. The number of carbonyl (C=O) groups excluding carboxylic acids is 1. The van der Waals surface area contributed by atoms with E-state index >= 15 is 0 Å². The summed E-state index contributed by atoms with van der Waals surface area (Å²) in [7, 11) is 0. The second kappa shape index (κ2) is 8.46. The standard InChI is InChI=1S/C21H22ClN5O/c22-17-8-6-15(7-9-17)12-23-21(28)24-20-18-10-11-27(14-19(18)25-26-20)13-16-4-2-1-3-5-16/h1-9H,10-14H2,(H3,23,24,25,26,28). The number of fused-ring (bicyclic) bond motifs is 1. The molecule has 0 unspecified atom stereocenters. The Kier molecular flexibility index (Phi) is 5.60. The maximum absolute atomic E-state index is 12.2. The van der Waals surface area contributed by atoms with E-state index in [1.54, 1.807) is 0 Å². The van der Waals surface area contributed by atoms with Gasteiger partial charge in [0, 0.05) is 36.8 Å². The highest BCUT2D eigenvalue weighted by Gasteiger charge is 2.22. The minimum absolute atomic E-state index is 0.268. The van der Waals surface area contributed by atoms with E-state index in [1.165, 1.54) is 5.56 Å². The summed E-state index contributed by atoms with van der Waals surface area (Å²) in [6.07, 6.45) is 0.853. The van der Waals surface area contributed by atoms with Crippen molar-refractivity contribution in [1.82, 2.24) is 20.4 Å². The number of hydrogen-bond acceptors (Lipinski definition) is 3. The molecular formula is C21H22ClN5O. The molecule has 3 N–H and O–H groups in total. The minimum atomic E-state index is -0.268. The van der Waals surface area contributed by atoms with Crippen molar-refractivity contribution >= 4 is 23.4 Å². The van der Waals surface area contributed by atoms with Crippen LogP contribution in [0, 0.1) is 0 Å². The van der Waals surface area contributed by atoms with Crippen LogP contribution in [-0.4, -0.2) is 27.7 Å². The molecule has 1 aliphatic heterocycles. The first-order chi connectivity index (χ1) is 13.7. The fourth-order valence-electron chi connectivity index (χ4n) is 3.39. The summed E-state index contributed by atoms with van der Waals surface area (Å²) in [5, 5.41) is 13.8. The summed E-state index contributed by atoms with van der Waals surface area (Å²) in [6.45, 7) is 3.07. The summed E-state index contributed by atoms with van der Waals surface area (Å²) in [5.74, 6) is 0.614. The van der Waals surface area contributed by atoms with Crippen molar-refractivity contribution in [3.05, 3.63) is 82.0 Å². The normalized spacial score (nSPS) is 13.8. The number of aromatic nitrogens is 2. The first-order valence-corrected chi connectivity index (χ1v) is 9.67. The van der Waals surface area contributed by atoms with Gasteiger partial charge < -0.3 is 5.32 Å². The van der Waals surface area contributed by atoms with Crippen molar-refractivity contribution < 1.29 is 4.79 Å². The Morgan fingerprint density at radius 1 is 1.11 bits per heavy atom. The van der Waals surface area contributed by atoms with Crippen LogP contribution in [0.5, 0.6) is 0 Å². The molecule has 0 spiro atoms. The number of nitrogens with zero attached hydrogens (tertiary/aromatic N) is 2. The molecule has 2 heterocycles. The number of amides is 2. The third-order valence-electron chi connectivity index (χ3n) is 4.86. The summed E-state index contributed by atoms with van der Waals surface area (Å²) < 4.78 is 0. The molecule has 6 nitrogen and oxygen atoms in total. The molecule has 2 amide bonds. The second-order valence-electron chi connectivity index (χ2n) is 6.91. The Morgan fingerprint density at radius 3 is 2.68 bits per heavy atom. The molecule has 2 aromatic carbocycles. The van der Waals surface area contributed by atoms with E-state index in [0.29, 0.717) is 17.4 Å². The number of halogens is 1. The van der Waals surface area contributed by atoms with Crippen molar-refractivity contribution in [3.8, 4) is 0 Å². The van der Waals surface area contributed by atoms with Crippen molar-refractivity contribution in [3.63, 3.8) is 0 Å². The molecule has 0 atom stereocenters. The maximum Gasteiger partial charge on any atom is 0.320 e. The van der Waals surface area contributed by atoms with E-state index in [0.717, 1.165) is 42.9 Å². The van der Waals surface area contributed by atoms with Crippen LogP contribution in [0.25, 0.3) is 0 Å². The number of nitrogens with one attached hydrogen (secondary N) is 3. The number of benzene rings is 2. The van der Waals surface area contributed by atoms with Gasteiger partial charge in [-0.25, -0.2) is 4.79 Å². The molecule has 0 saturated carbocycles. The molecule has 28 heavy (non-hydrogen) atoms. The van der Waals surface area contributed by atoms with Crippen molar-refractivity contribution in [2.75, 3.05) is 11.9 Å². The van der Waals surface area contributed by atoms with Crippen molar-refractivity contribution in [2.24, 2.45) is 0 Å². The smallest absolute Gasteiger partial charge is 0.320 e. The number of urea groups is 1. The zero-order chi connectivity index (χ0) is 19.3. The average molecular weight is 396 g/mol. The molecule has 1 aromatic heterocycles. The number of aromatic amines is 1. The molecule has 4 rings (SSSR count). The third-order valence-corrected chi connectivity index (χ3v) is 5.11. The highest BCUT2D eigenvalue weighted by Crippen LogP contribution is 2.24. The van der Waals surface area contributed by atoms with Gasteiger partial charge in [0.25, 0.3) is 0 Å². The van der Waals surface area contributed by atoms with Crippen molar-refractivity contribution in [1.29, 1.82) is 0 Å². The Hall–Kier alpha value is -2.83. The fraction of sp³-hybridized carbons (Fsp3) is 0.238. The number of hydrogen-bond donors (Lipinski definition) is 3. The van der Waals surface area contributed by atoms with Gasteiger partial charge >= 0.3 is 6.03 Å². The van der Waals surface area contributed by atoms with Crippen LogP contribution < -0.4 is 10.6 Å². The van der Waals surface area contributed by atoms with Gasteiger partial charge in [-0.15, -0.1) is 0 Å². The van der Waals surface area contributed by atoms with Gasteiger partial charge in [-0.2, -0.15) is 5.10 Å². The Balaban J connectivity index is 1.32. The maximum atomic E-state index is 12.2. The monoisotopic (exact) mass is 395 g/mol. The van der Waals surface area contributed by atoms with E-state index in [4.69, 9.17) is 11.6 Å². The van der Waals surface area contributed by atoms with Gasteiger partial charge in [0.1, 0.15) is 0 Å². The largest absolute Gasteiger partial charge is 0.334 e. The molecule has 144 valence electrons. The molecule has 1 aliphatic rings. The Bertz CT molecular complexity index is 939. The third kappa shape index (κ3) is 4.52. The summed E-state index contributed by atoms with van der Waals surface area (Å²) in [5.41, 5.74) is 4.44. The fourth-order valence-corrected chi connectivity index (χ4v) is 3.52. The van der Waals surface area contributed by atoms with Crippen LogP contribution in [0.4, 0.5) is 10.6 Å². The second-order valence-corrected chi connectivity index (χ2v) is 7.35. The molecule has 0 aliphatic carbocycles. The van der Waals surface area contributed by atoms with Crippen molar-refractivity contribution in [2.45, 2.75) is 26.1 Å². The lowest BCUT2D eigenvalue weighted by molar-refractivity contribution is 0.242. The molecule has 0 radical (unpaired) electrons. The lowest BCUT2D eigenvalue weighted by Gasteiger charge is -2.26. The SMILES string of the molecule is O=C(NCc1ccc(Cl)cc1)Nc1n[nH]c2c1CCN(Cc1ccccc1)C2. The molecule has 0 bridgehead atoms. The summed E-state index contributed by atoms with van der Waals surface area (Å²) in [6, 6.07) is 17.6. The first kappa shape index (κ1) is 18.5. The van der Waals surface area contributed by atoms with Gasteiger partial charge in [0.2, 0.25) is 0 Å². The van der Waals surface area contributed by atoms with E-state index in [1.807, 2.05) is 30.3 Å². The van der Waals surface area contributed by atoms with Gasteiger partial charge in [-0.05, 0) is 29.7 Å². The zero-order valence-electron chi connectivity index (χ0n) is 15.4. The lowest BCUT2D eigenvalue weighted by Crippen LogP contribution is -2.31. The first-order valence-electron chi connectivity index (χ1n) is 9.29. The minimum Gasteiger partial charge on any atom is -0.334 e. The molecule has 0 fully saturated rings. The number of H-pyrrole nitrogens is 1. The van der Waals surface area contributed by atoms with Gasteiger partial charge in [0.05, 0.1) is 5.69 Å². The van der Waals surface area contributed by atoms with Crippen LogP contribution in [0.1, 0.15) is 22.4 Å². The van der Waals surface area contributed by atoms with Gasteiger partial charge in [-0.3, -0.25) is 15.3 Å². The van der Waals surface area contributed by atoms with E-state index in [-0.39, 0.29) is 6.03 Å². The van der Waals surface area contributed by atoms with Gasteiger partial charge in [0.15, 0.2) is 5.82 Å². The molecule has 3 aromatic rings.